The smallest absolute Gasteiger partial charge is 0.311 e. The number of methoxy groups -OCH3 is 1. The summed E-state index contributed by atoms with van der Waals surface area (Å²) >= 11 is 0. The fourth-order valence-corrected chi connectivity index (χ4v) is 8.95. The largest absolute Gasteiger partial charge is 0.459 e. The number of aliphatic hydroxyl groups is 5. The standard InChI is InChI=1S/C40H74N2O12/c1-15-17-42-21-22(3)33(44)40(11,48)29(16-2)52-36(46)26(7)32(53-30-20-39(10,49-14)34(45)27(8)51-30)25(6)35(38(9,47)19-23(42)4)54-37-31(43)28(41(12)13)18-24(5)50-37/h15,22-35,37,43-45,47-48H,1,16-21H2,2-14H3/t22-,23+,24+,25-,26+,27-,28-,29+,30-,31+,32-,33+,34-,35+,37-,38+,39+,40+/m0/s1. The predicted molar refractivity (Wildman–Crippen MR) is 203 cm³/mol. The molecule has 0 bridgehead atoms. The molecule has 0 amide bonds. The molecular formula is C40H74N2O12. The summed E-state index contributed by atoms with van der Waals surface area (Å²) in [5, 5.41) is 58.6. The first-order chi connectivity index (χ1) is 24.9. The normalized spacial score (nSPS) is 48.1. The van der Waals surface area contributed by atoms with Crippen LogP contribution in [-0.4, -0.2) is 166 Å². The van der Waals surface area contributed by atoms with Gasteiger partial charge in [0, 0.05) is 44.6 Å². The molecule has 54 heavy (non-hydrogen) atoms. The van der Waals surface area contributed by atoms with E-state index in [2.05, 4.69) is 11.5 Å². The van der Waals surface area contributed by atoms with E-state index < -0.39 is 95.8 Å². The molecular weight excluding hydrogens is 700 g/mol. The Hall–Kier alpha value is -1.27. The lowest BCUT2D eigenvalue weighted by molar-refractivity contribution is -0.318. The Kier molecular flexibility index (Phi) is 16.6. The molecule has 3 heterocycles. The predicted octanol–water partition coefficient (Wildman–Crippen LogP) is 2.46. The Bertz CT molecular complexity index is 1210. The van der Waals surface area contributed by atoms with Crippen LogP contribution >= 0.6 is 0 Å². The van der Waals surface area contributed by atoms with E-state index in [0.29, 0.717) is 19.5 Å². The number of nitrogens with zero attached hydrogens (tertiary/aromatic N) is 2. The van der Waals surface area contributed by atoms with Gasteiger partial charge in [0.25, 0.3) is 0 Å². The Labute approximate surface area is 324 Å². The minimum atomic E-state index is -1.81. The van der Waals surface area contributed by atoms with Gasteiger partial charge in [-0.05, 0) is 87.7 Å². The lowest BCUT2D eigenvalue weighted by atomic mass is 9.78. The molecule has 0 aliphatic carbocycles. The zero-order chi connectivity index (χ0) is 41.1. The number of carbonyl (C=O) groups excluding carboxylic acids is 1. The average molecular weight is 775 g/mol. The highest BCUT2D eigenvalue weighted by molar-refractivity contribution is 5.73. The summed E-state index contributed by atoms with van der Waals surface area (Å²) in [5.74, 6) is -2.97. The summed E-state index contributed by atoms with van der Waals surface area (Å²) in [6.07, 6.45) is -6.68. The minimum absolute atomic E-state index is 0.123. The van der Waals surface area contributed by atoms with Crippen molar-refractivity contribution in [1.82, 2.24) is 9.80 Å². The summed E-state index contributed by atoms with van der Waals surface area (Å²) in [6.45, 7) is 22.3. The molecule has 3 rings (SSSR count). The monoisotopic (exact) mass is 775 g/mol. The molecule has 0 spiro atoms. The van der Waals surface area contributed by atoms with E-state index in [1.165, 1.54) is 14.0 Å². The van der Waals surface area contributed by atoms with Crippen LogP contribution in [0.4, 0.5) is 0 Å². The number of hydrogen-bond acceptors (Lipinski definition) is 14. The highest BCUT2D eigenvalue weighted by Crippen LogP contribution is 2.40. The highest BCUT2D eigenvalue weighted by atomic mass is 16.7. The molecule has 18 atom stereocenters. The van der Waals surface area contributed by atoms with Gasteiger partial charge in [-0.25, -0.2) is 0 Å². The van der Waals surface area contributed by atoms with Gasteiger partial charge in [0.2, 0.25) is 0 Å². The number of esters is 1. The van der Waals surface area contributed by atoms with Gasteiger partial charge in [-0.3, -0.25) is 9.69 Å². The first-order valence-electron chi connectivity index (χ1n) is 19.8. The van der Waals surface area contributed by atoms with Crippen molar-refractivity contribution in [2.45, 2.75) is 185 Å². The van der Waals surface area contributed by atoms with E-state index in [9.17, 15) is 30.3 Å². The number of rotatable bonds is 9. The second-order valence-corrected chi connectivity index (χ2v) is 17.4. The third-order valence-corrected chi connectivity index (χ3v) is 12.5. The molecule has 0 aromatic carbocycles. The van der Waals surface area contributed by atoms with Crippen molar-refractivity contribution in [2.75, 3.05) is 34.3 Å². The van der Waals surface area contributed by atoms with Crippen LogP contribution in [0, 0.1) is 17.8 Å². The molecule has 5 N–H and O–H groups in total. The fourth-order valence-electron chi connectivity index (χ4n) is 8.95. The molecule has 14 heteroatoms. The summed E-state index contributed by atoms with van der Waals surface area (Å²) in [5.41, 5.74) is -4.45. The van der Waals surface area contributed by atoms with E-state index in [1.54, 1.807) is 40.7 Å². The third kappa shape index (κ3) is 10.6. The van der Waals surface area contributed by atoms with Crippen molar-refractivity contribution in [2.24, 2.45) is 17.8 Å². The number of cyclic esters (lactones) is 1. The highest BCUT2D eigenvalue weighted by Gasteiger charge is 2.52. The molecule has 3 aliphatic rings. The van der Waals surface area contributed by atoms with Gasteiger partial charge in [0.05, 0.1) is 47.6 Å². The van der Waals surface area contributed by atoms with Gasteiger partial charge in [0.15, 0.2) is 12.6 Å². The molecule has 3 saturated heterocycles. The Morgan fingerprint density at radius 3 is 2.17 bits per heavy atom. The molecule has 0 aromatic rings. The topological polar surface area (TPSA) is 180 Å². The maximum Gasteiger partial charge on any atom is 0.311 e. The van der Waals surface area contributed by atoms with E-state index >= 15 is 0 Å². The van der Waals surface area contributed by atoms with Crippen LogP contribution in [-0.2, 0) is 33.2 Å². The molecule has 0 saturated carbocycles. The van der Waals surface area contributed by atoms with Crippen LogP contribution in [0.5, 0.6) is 0 Å². The van der Waals surface area contributed by atoms with E-state index in [1.807, 2.05) is 46.7 Å². The van der Waals surface area contributed by atoms with Crippen LogP contribution < -0.4 is 0 Å². The Balaban J connectivity index is 2.22. The van der Waals surface area contributed by atoms with Gasteiger partial charge >= 0.3 is 5.97 Å². The maximum atomic E-state index is 14.3. The number of likely N-dealkylation sites (N-methyl/N-ethyl adjacent to an activating group) is 1. The van der Waals surface area contributed by atoms with E-state index in [0.717, 1.165) is 0 Å². The van der Waals surface area contributed by atoms with Gasteiger partial charge in [0.1, 0.15) is 23.9 Å². The lowest BCUT2D eigenvalue weighted by Gasteiger charge is -2.49. The van der Waals surface area contributed by atoms with Crippen LogP contribution in [0.3, 0.4) is 0 Å². The van der Waals surface area contributed by atoms with E-state index in [-0.39, 0.29) is 37.5 Å². The first kappa shape index (κ1) is 47.1. The van der Waals surface area contributed by atoms with Crippen LogP contribution in [0.25, 0.3) is 0 Å². The summed E-state index contributed by atoms with van der Waals surface area (Å²) < 4.78 is 37.7. The molecule has 14 nitrogen and oxygen atoms in total. The maximum absolute atomic E-state index is 14.3. The van der Waals surface area contributed by atoms with Crippen molar-refractivity contribution < 1.29 is 58.7 Å². The van der Waals surface area contributed by atoms with Gasteiger partial charge in [-0.2, -0.15) is 0 Å². The van der Waals surface area contributed by atoms with Crippen LogP contribution in [0.2, 0.25) is 0 Å². The second-order valence-electron chi connectivity index (χ2n) is 17.4. The molecule has 3 fully saturated rings. The molecule has 316 valence electrons. The third-order valence-electron chi connectivity index (χ3n) is 12.5. The summed E-state index contributed by atoms with van der Waals surface area (Å²) in [6, 6.07) is -0.582. The van der Waals surface area contributed by atoms with Gasteiger partial charge < -0.3 is 58.9 Å². The quantitative estimate of drug-likeness (QED) is 0.170. The number of ether oxygens (including phenoxy) is 6. The fraction of sp³-hybridized carbons (Fsp3) is 0.925. The van der Waals surface area contributed by atoms with Crippen molar-refractivity contribution in [3.8, 4) is 0 Å². The molecule has 0 aromatic heterocycles. The summed E-state index contributed by atoms with van der Waals surface area (Å²) in [7, 11) is 5.27. The zero-order valence-electron chi connectivity index (χ0n) is 35.2. The number of hydrogen-bond donors (Lipinski definition) is 5. The van der Waals surface area contributed by atoms with Crippen molar-refractivity contribution in [3.05, 3.63) is 12.7 Å². The van der Waals surface area contributed by atoms with Gasteiger partial charge in [-0.15, -0.1) is 6.58 Å². The van der Waals surface area contributed by atoms with E-state index in [4.69, 9.17) is 28.4 Å². The van der Waals surface area contributed by atoms with Crippen LogP contribution in [0.15, 0.2) is 12.7 Å². The first-order valence-corrected chi connectivity index (χ1v) is 19.8. The Morgan fingerprint density at radius 2 is 1.61 bits per heavy atom. The lowest BCUT2D eigenvalue weighted by Crippen LogP contribution is -2.61. The molecule has 0 radical (unpaired) electrons. The number of carbonyl (C=O) groups is 1. The number of aliphatic hydroxyl groups excluding tert-OH is 3. The average Bonchev–Trinajstić information content (AvgIpc) is 3.09. The Morgan fingerprint density at radius 1 is 0.981 bits per heavy atom. The minimum Gasteiger partial charge on any atom is -0.459 e. The second kappa shape index (κ2) is 19.0. The van der Waals surface area contributed by atoms with Crippen molar-refractivity contribution in [3.63, 3.8) is 0 Å². The summed E-state index contributed by atoms with van der Waals surface area (Å²) in [4.78, 5) is 18.3. The van der Waals surface area contributed by atoms with Gasteiger partial charge in [-0.1, -0.05) is 26.8 Å². The molecule has 0 unspecified atom stereocenters. The van der Waals surface area contributed by atoms with Crippen molar-refractivity contribution >= 4 is 5.97 Å². The van der Waals surface area contributed by atoms with Crippen molar-refractivity contribution in [1.29, 1.82) is 0 Å². The molecule has 3 aliphatic heterocycles. The zero-order valence-corrected chi connectivity index (χ0v) is 35.2. The van der Waals surface area contributed by atoms with Crippen LogP contribution in [0.1, 0.15) is 94.9 Å². The SMILES string of the molecule is C=CCN1C[C@H](C)[C@@H](O)[C@](C)(O)[C@@H](CC)OC(=O)[C@H](C)[C@@H](O[C@H]2C[C@@](C)(OC)[C@@H](O)[C@H](C)O2)[C@H](C)[C@@H](O[C@@H]2O[C@H](C)C[C@H](N(C)C)[C@H]2O)[C@](C)(O)C[C@H]1C.